The lowest BCUT2D eigenvalue weighted by molar-refractivity contribution is -0.139. The van der Waals surface area contributed by atoms with E-state index in [0.29, 0.717) is 58.2 Å². The molecule has 3 aromatic rings. The highest BCUT2D eigenvalue weighted by molar-refractivity contribution is 6.32. The van der Waals surface area contributed by atoms with Gasteiger partial charge in [-0.25, -0.2) is 4.79 Å². The van der Waals surface area contributed by atoms with E-state index in [9.17, 15) is 9.59 Å². The van der Waals surface area contributed by atoms with Gasteiger partial charge in [-0.1, -0.05) is 72.3 Å². The van der Waals surface area contributed by atoms with E-state index < -0.39 is 11.9 Å². The fourth-order valence-corrected chi connectivity index (χ4v) is 5.98. The van der Waals surface area contributed by atoms with Crippen LogP contribution < -0.4 is 14.8 Å². The van der Waals surface area contributed by atoms with Crippen LogP contribution in [0.2, 0.25) is 5.02 Å². The van der Waals surface area contributed by atoms with Crippen molar-refractivity contribution >= 4 is 23.4 Å². The lowest BCUT2D eigenvalue weighted by Gasteiger charge is -2.37. The summed E-state index contributed by atoms with van der Waals surface area (Å²) in [7, 11) is 0. The Balaban J connectivity index is 1.37. The van der Waals surface area contributed by atoms with Crippen LogP contribution in [0.15, 0.2) is 95.3 Å². The van der Waals surface area contributed by atoms with Gasteiger partial charge in [-0.2, -0.15) is 0 Å². The van der Waals surface area contributed by atoms with Crippen LogP contribution in [-0.2, 0) is 20.7 Å². The molecule has 0 saturated heterocycles. The summed E-state index contributed by atoms with van der Waals surface area (Å²) < 4.78 is 16.9. The van der Waals surface area contributed by atoms with Gasteiger partial charge in [0.25, 0.3) is 0 Å². The maximum Gasteiger partial charge on any atom is 0.336 e. The van der Waals surface area contributed by atoms with Crippen molar-refractivity contribution in [1.29, 1.82) is 0 Å². The van der Waals surface area contributed by atoms with Crippen molar-refractivity contribution in [3.8, 4) is 11.5 Å². The van der Waals surface area contributed by atoms with E-state index >= 15 is 0 Å². The Kier molecular flexibility index (Phi) is 6.88. The Bertz CT molecular complexity index is 1500. The summed E-state index contributed by atoms with van der Waals surface area (Å²) in [5.41, 5.74) is 5.22. The van der Waals surface area contributed by atoms with E-state index in [4.69, 9.17) is 25.8 Å². The molecule has 39 heavy (non-hydrogen) atoms. The third kappa shape index (κ3) is 4.92. The number of dihydropyridines is 1. The molecule has 0 amide bonds. The van der Waals surface area contributed by atoms with Crippen molar-refractivity contribution in [2.24, 2.45) is 0 Å². The fourth-order valence-electron chi connectivity index (χ4n) is 5.72. The normalized spacial score (nSPS) is 20.0. The molecule has 0 radical (unpaired) electrons. The second kappa shape index (κ2) is 10.6. The molecule has 6 nitrogen and oxygen atoms in total. The van der Waals surface area contributed by atoms with Gasteiger partial charge in [0.2, 0.25) is 6.79 Å². The van der Waals surface area contributed by atoms with E-state index in [1.54, 1.807) is 12.1 Å². The van der Waals surface area contributed by atoms with E-state index in [1.165, 1.54) is 0 Å². The third-order valence-electron chi connectivity index (χ3n) is 7.59. The molecule has 0 bridgehead atoms. The van der Waals surface area contributed by atoms with Gasteiger partial charge in [-0.05, 0) is 42.0 Å². The number of benzene rings is 3. The maximum absolute atomic E-state index is 13.8. The number of halogens is 1. The van der Waals surface area contributed by atoms with Crippen molar-refractivity contribution < 1.29 is 23.8 Å². The number of Topliss-reactive ketones (excluding diaryl/α,β-unsaturated/α-hetero) is 1. The second-order valence-electron chi connectivity index (χ2n) is 10.0. The fraction of sp³-hybridized carbons (Fsp3) is 0.250. The van der Waals surface area contributed by atoms with E-state index in [2.05, 4.69) is 17.4 Å². The molecular weight excluding hydrogens is 514 g/mol. The SMILES string of the molecule is CC1=C(C(=O)OCCc2ccccc2)[C@@H](c2cc3c(cc2Cl)OCO3)C2=C(C[C@H](c3ccccc3)CC2=O)N1. The zero-order valence-corrected chi connectivity index (χ0v) is 22.3. The van der Waals surface area contributed by atoms with E-state index in [1.807, 2.05) is 55.5 Å². The monoisotopic (exact) mass is 541 g/mol. The summed E-state index contributed by atoms with van der Waals surface area (Å²) >= 11 is 6.78. The molecule has 198 valence electrons. The van der Waals surface area contributed by atoms with Gasteiger partial charge < -0.3 is 19.5 Å². The van der Waals surface area contributed by atoms with Crippen molar-refractivity contribution in [3.63, 3.8) is 0 Å². The number of hydrogen-bond donors (Lipinski definition) is 1. The van der Waals surface area contributed by atoms with Gasteiger partial charge in [0.15, 0.2) is 17.3 Å². The molecule has 1 aliphatic carbocycles. The second-order valence-corrected chi connectivity index (χ2v) is 10.4. The first kappa shape index (κ1) is 25.3. The van der Waals surface area contributed by atoms with Crippen LogP contribution in [0, 0.1) is 0 Å². The van der Waals surface area contributed by atoms with Crippen LogP contribution >= 0.6 is 11.6 Å². The molecule has 2 aliphatic heterocycles. The highest BCUT2D eigenvalue weighted by Crippen LogP contribution is 2.49. The quantitative estimate of drug-likeness (QED) is 0.374. The minimum Gasteiger partial charge on any atom is -0.462 e. The molecule has 6 rings (SSSR count). The van der Waals surface area contributed by atoms with Crippen LogP contribution in [0.4, 0.5) is 0 Å². The Morgan fingerprint density at radius 1 is 1.00 bits per heavy atom. The number of ketones is 1. The number of fused-ring (bicyclic) bond motifs is 1. The van der Waals surface area contributed by atoms with Gasteiger partial charge in [-0.3, -0.25) is 4.79 Å². The van der Waals surface area contributed by atoms with Gasteiger partial charge in [0, 0.05) is 46.8 Å². The number of rotatable bonds is 6. The van der Waals surface area contributed by atoms with Crippen molar-refractivity contribution in [2.75, 3.05) is 13.4 Å². The van der Waals surface area contributed by atoms with E-state index in [0.717, 1.165) is 16.8 Å². The van der Waals surface area contributed by atoms with Crippen molar-refractivity contribution in [3.05, 3.63) is 117 Å². The number of hydrogen-bond acceptors (Lipinski definition) is 6. The lowest BCUT2D eigenvalue weighted by Crippen LogP contribution is -2.36. The summed E-state index contributed by atoms with van der Waals surface area (Å²) in [6.45, 7) is 2.16. The molecule has 7 heteroatoms. The first-order valence-corrected chi connectivity index (χ1v) is 13.5. The van der Waals surface area contributed by atoms with Crippen LogP contribution in [-0.4, -0.2) is 25.2 Å². The minimum absolute atomic E-state index is 0.0153. The predicted molar refractivity (Wildman–Crippen MR) is 148 cm³/mol. The predicted octanol–water partition coefficient (Wildman–Crippen LogP) is 6.22. The third-order valence-corrected chi connectivity index (χ3v) is 7.92. The molecule has 0 fully saturated rings. The van der Waals surface area contributed by atoms with Crippen molar-refractivity contribution in [1.82, 2.24) is 5.32 Å². The smallest absolute Gasteiger partial charge is 0.336 e. The Hall–Kier alpha value is -4.03. The number of nitrogens with one attached hydrogen (secondary N) is 1. The Morgan fingerprint density at radius 3 is 2.44 bits per heavy atom. The van der Waals surface area contributed by atoms with Crippen molar-refractivity contribution in [2.45, 2.75) is 38.0 Å². The number of allylic oxidation sites excluding steroid dienone is 3. The summed E-state index contributed by atoms with van der Waals surface area (Å²) in [4.78, 5) is 27.5. The Labute approximate surface area is 232 Å². The first-order chi connectivity index (χ1) is 19.0. The molecule has 0 saturated carbocycles. The molecule has 2 atom stereocenters. The molecule has 3 aromatic carbocycles. The maximum atomic E-state index is 13.8. The van der Waals surface area contributed by atoms with Gasteiger partial charge >= 0.3 is 5.97 Å². The van der Waals surface area contributed by atoms with Crippen LogP contribution in [0.1, 0.15) is 48.3 Å². The van der Waals surface area contributed by atoms with Crippen LogP contribution in [0.25, 0.3) is 0 Å². The highest BCUT2D eigenvalue weighted by atomic mass is 35.5. The molecule has 1 N–H and O–H groups in total. The topological polar surface area (TPSA) is 73.9 Å². The standard InChI is InChI=1S/C32H28ClNO5/c1-19-29(32(36)37-13-12-20-8-4-2-5-9-20)30(23-16-27-28(17-24(23)33)39-18-38-27)31-25(34-19)14-22(15-26(31)35)21-10-6-3-7-11-21/h2-11,16-17,22,30,34H,12-15,18H2,1H3/t22-,30+/m0/s1. The minimum atomic E-state index is -0.684. The van der Waals surface area contributed by atoms with Gasteiger partial charge in [-0.15, -0.1) is 0 Å². The number of ether oxygens (including phenoxy) is 3. The molecule has 3 aliphatic rings. The summed E-state index contributed by atoms with van der Waals surface area (Å²) in [5.74, 6) is -0.0482. The highest BCUT2D eigenvalue weighted by Gasteiger charge is 2.42. The Morgan fingerprint density at radius 2 is 1.69 bits per heavy atom. The van der Waals surface area contributed by atoms with Gasteiger partial charge in [0.05, 0.1) is 12.2 Å². The summed E-state index contributed by atoms with van der Waals surface area (Å²) in [6, 6.07) is 23.4. The zero-order chi connectivity index (χ0) is 26.9. The average molecular weight is 542 g/mol. The zero-order valence-electron chi connectivity index (χ0n) is 21.5. The average Bonchev–Trinajstić information content (AvgIpc) is 3.40. The summed E-state index contributed by atoms with van der Waals surface area (Å²) in [5, 5.41) is 3.80. The molecule has 0 spiro atoms. The lowest BCUT2D eigenvalue weighted by atomic mass is 9.71. The van der Waals surface area contributed by atoms with E-state index in [-0.39, 0.29) is 25.1 Å². The molecular formula is C32H28ClNO5. The van der Waals surface area contributed by atoms with Crippen LogP contribution in [0.5, 0.6) is 11.5 Å². The van der Waals surface area contributed by atoms with Crippen LogP contribution in [0.3, 0.4) is 0 Å². The largest absolute Gasteiger partial charge is 0.462 e. The first-order valence-electron chi connectivity index (χ1n) is 13.1. The van der Waals surface area contributed by atoms with Gasteiger partial charge in [0.1, 0.15) is 0 Å². The number of esters is 1. The number of carbonyl (C=O) groups is 2. The summed E-state index contributed by atoms with van der Waals surface area (Å²) in [6.07, 6.45) is 1.59. The molecule has 2 heterocycles. The number of carbonyl (C=O) groups excluding carboxylic acids is 2. The molecule has 0 unspecified atom stereocenters. The molecule has 0 aromatic heterocycles.